The number of aromatic nitrogens is 3. The highest BCUT2D eigenvalue weighted by molar-refractivity contribution is 6.06. The minimum Gasteiger partial charge on any atom is -0.320 e. The first kappa shape index (κ1) is 20.0. The summed E-state index contributed by atoms with van der Waals surface area (Å²) in [5, 5.41) is 5.80. The molecule has 0 radical (unpaired) electrons. The highest BCUT2D eigenvalue weighted by Gasteiger charge is 2.41. The van der Waals surface area contributed by atoms with Crippen LogP contribution in [0.1, 0.15) is 58.7 Å². The van der Waals surface area contributed by atoms with Gasteiger partial charge in [-0.05, 0) is 36.6 Å². The lowest BCUT2D eigenvalue weighted by molar-refractivity contribution is -0.0558. The molecule has 0 saturated heterocycles. The van der Waals surface area contributed by atoms with Crippen LogP contribution in [0.15, 0.2) is 42.9 Å². The number of pyridine rings is 1. The number of carbonyl (C=O) groups is 1. The molecule has 0 unspecified atom stereocenters. The second-order valence-electron chi connectivity index (χ2n) is 8.00. The number of benzene rings is 1. The summed E-state index contributed by atoms with van der Waals surface area (Å²) in [4.78, 5) is 17.1. The number of anilines is 1. The molecule has 1 saturated carbocycles. The third-order valence-corrected chi connectivity index (χ3v) is 5.68. The number of amides is 1. The molecule has 11 heteroatoms. The van der Waals surface area contributed by atoms with E-state index in [0.717, 1.165) is 30.6 Å². The first-order valence-corrected chi connectivity index (χ1v) is 10.2. The maximum absolute atomic E-state index is 14.7. The van der Waals surface area contributed by atoms with Crippen molar-refractivity contribution in [3.8, 4) is 11.1 Å². The Hall–Kier alpha value is -3.37. The van der Waals surface area contributed by atoms with E-state index in [9.17, 15) is 31.1 Å². The summed E-state index contributed by atoms with van der Waals surface area (Å²) < 4.78 is 107. The third-order valence-electron chi connectivity index (χ3n) is 5.68. The Bertz CT molecular complexity index is 1310. The van der Waals surface area contributed by atoms with Crippen LogP contribution in [0.3, 0.4) is 0 Å². The fraction of sp³-hybridized carbons (Fsp3) is 0.348. The van der Waals surface area contributed by atoms with Gasteiger partial charge in [-0.1, -0.05) is 6.85 Å². The molecule has 1 aromatic carbocycles. The lowest BCUT2D eigenvalue weighted by atomic mass is 9.75. The van der Waals surface area contributed by atoms with E-state index in [1.165, 1.54) is 12.3 Å². The summed E-state index contributed by atoms with van der Waals surface area (Å²) in [6.45, 7) is -5.85. The Morgan fingerprint density at radius 2 is 2.06 bits per heavy atom. The largest absolute Gasteiger partial charge is 0.333 e. The maximum Gasteiger partial charge on any atom is 0.333 e. The van der Waals surface area contributed by atoms with E-state index in [4.69, 9.17) is 4.11 Å². The summed E-state index contributed by atoms with van der Waals surface area (Å²) >= 11 is 0. The van der Waals surface area contributed by atoms with Gasteiger partial charge in [0.15, 0.2) is 0 Å². The first-order chi connectivity index (χ1) is 17.3. The minimum absolute atomic E-state index is 0.0989. The number of hydrogen-bond donors (Lipinski definition) is 1. The number of halogens is 6. The summed E-state index contributed by atoms with van der Waals surface area (Å²) in [7, 11) is 0. The molecule has 1 amide bonds. The van der Waals surface area contributed by atoms with Crippen molar-refractivity contribution in [2.75, 3.05) is 5.32 Å². The Balaban J connectivity index is 1.86. The maximum atomic E-state index is 14.7. The Morgan fingerprint density at radius 1 is 1.26 bits per heavy atom. The van der Waals surface area contributed by atoms with Crippen molar-refractivity contribution < 1.29 is 35.2 Å². The number of alkyl halides is 4. The fourth-order valence-electron chi connectivity index (χ4n) is 4.03. The lowest BCUT2D eigenvalue weighted by Crippen LogP contribution is -2.31. The molecule has 1 aliphatic rings. The first-order valence-electron chi connectivity index (χ1n) is 11.7. The molecule has 4 rings (SSSR count). The van der Waals surface area contributed by atoms with Gasteiger partial charge in [0, 0.05) is 46.4 Å². The molecule has 180 valence electrons. The number of carbonyl (C=O) groups excluding carboxylic acids is 1. The molecular formula is C23H20F6N4O. The number of nitrogens with zero attached hydrogens (tertiary/aromatic N) is 3. The minimum atomic E-state index is -3.24. The SMILES string of the molecule is [2H]C([2H])([2H])[C@@H]1CC(F)(F)CC[C@@H]1c1nccc(-c2cc(F)ccc2F)c1NC(=O)c1cnn(C(F)F)c1. The van der Waals surface area contributed by atoms with Crippen molar-refractivity contribution in [3.63, 3.8) is 0 Å². The molecular weight excluding hydrogens is 462 g/mol. The van der Waals surface area contributed by atoms with Crippen LogP contribution in [0, 0.1) is 17.6 Å². The molecule has 1 fully saturated rings. The monoisotopic (exact) mass is 485 g/mol. The molecule has 0 bridgehead atoms. The molecule has 2 aromatic heterocycles. The van der Waals surface area contributed by atoms with Gasteiger partial charge in [0.1, 0.15) is 11.6 Å². The van der Waals surface area contributed by atoms with Gasteiger partial charge in [0.25, 0.3) is 5.91 Å². The normalized spacial score (nSPS) is 21.6. The predicted molar refractivity (Wildman–Crippen MR) is 112 cm³/mol. The second-order valence-corrected chi connectivity index (χ2v) is 8.00. The molecule has 3 aromatic rings. The summed E-state index contributed by atoms with van der Waals surface area (Å²) in [5.41, 5.74) is -1.09. The molecule has 0 aliphatic heterocycles. The molecule has 0 spiro atoms. The van der Waals surface area contributed by atoms with Crippen LogP contribution in [0.25, 0.3) is 11.1 Å². The van der Waals surface area contributed by atoms with Gasteiger partial charge < -0.3 is 5.32 Å². The number of hydrogen-bond acceptors (Lipinski definition) is 3. The van der Waals surface area contributed by atoms with E-state index in [1.807, 2.05) is 0 Å². The van der Waals surface area contributed by atoms with E-state index < -0.39 is 61.5 Å². The van der Waals surface area contributed by atoms with Crippen molar-refractivity contribution >= 4 is 11.6 Å². The van der Waals surface area contributed by atoms with Gasteiger partial charge in [-0.25, -0.2) is 22.2 Å². The summed E-state index contributed by atoms with van der Waals surface area (Å²) in [6, 6.07) is 3.79. The van der Waals surface area contributed by atoms with E-state index in [-0.39, 0.29) is 39.2 Å². The topological polar surface area (TPSA) is 59.8 Å². The zero-order valence-electron chi connectivity index (χ0n) is 20.4. The Kier molecular flexibility index (Phi) is 5.37. The van der Waals surface area contributed by atoms with Gasteiger partial charge >= 0.3 is 6.55 Å². The van der Waals surface area contributed by atoms with E-state index >= 15 is 0 Å². The highest BCUT2D eigenvalue weighted by atomic mass is 19.3. The lowest BCUT2D eigenvalue weighted by Gasteiger charge is -2.34. The zero-order chi connectivity index (χ0) is 27.1. The average molecular weight is 485 g/mol. The molecule has 2 atom stereocenters. The van der Waals surface area contributed by atoms with Gasteiger partial charge in [0.05, 0.1) is 23.1 Å². The molecule has 34 heavy (non-hydrogen) atoms. The van der Waals surface area contributed by atoms with Crippen molar-refractivity contribution in [3.05, 3.63) is 65.7 Å². The van der Waals surface area contributed by atoms with Crippen LogP contribution in [-0.2, 0) is 0 Å². The molecule has 1 aliphatic carbocycles. The van der Waals surface area contributed by atoms with Crippen LogP contribution in [0.4, 0.5) is 32.0 Å². The van der Waals surface area contributed by atoms with Crippen LogP contribution < -0.4 is 5.32 Å². The Labute approximate surface area is 195 Å². The van der Waals surface area contributed by atoms with Crippen LogP contribution in [0.5, 0.6) is 0 Å². The van der Waals surface area contributed by atoms with Crippen LogP contribution >= 0.6 is 0 Å². The van der Waals surface area contributed by atoms with Crippen molar-refractivity contribution in [2.45, 2.75) is 44.5 Å². The average Bonchev–Trinajstić information content (AvgIpc) is 3.31. The van der Waals surface area contributed by atoms with E-state index in [0.29, 0.717) is 0 Å². The Morgan fingerprint density at radius 3 is 2.76 bits per heavy atom. The van der Waals surface area contributed by atoms with E-state index in [1.54, 1.807) is 0 Å². The number of rotatable bonds is 5. The molecule has 1 N–H and O–H groups in total. The second kappa shape index (κ2) is 9.11. The fourth-order valence-corrected chi connectivity index (χ4v) is 4.03. The van der Waals surface area contributed by atoms with Gasteiger partial charge in [0.2, 0.25) is 5.92 Å². The predicted octanol–water partition coefficient (Wildman–Crippen LogP) is 6.41. The van der Waals surface area contributed by atoms with Crippen molar-refractivity contribution in [1.29, 1.82) is 0 Å². The molecule has 2 heterocycles. The van der Waals surface area contributed by atoms with Crippen molar-refractivity contribution in [1.82, 2.24) is 14.8 Å². The third kappa shape index (κ3) is 4.78. The van der Waals surface area contributed by atoms with Gasteiger partial charge in [-0.3, -0.25) is 9.78 Å². The van der Waals surface area contributed by atoms with E-state index in [2.05, 4.69) is 15.4 Å². The van der Waals surface area contributed by atoms with Gasteiger partial charge in [-0.15, -0.1) is 0 Å². The molecule has 5 nitrogen and oxygen atoms in total. The van der Waals surface area contributed by atoms with Crippen LogP contribution in [-0.4, -0.2) is 26.6 Å². The smallest absolute Gasteiger partial charge is 0.320 e. The summed E-state index contributed by atoms with van der Waals surface area (Å²) in [6.07, 6.45) is 0.840. The van der Waals surface area contributed by atoms with Crippen LogP contribution in [0.2, 0.25) is 0 Å². The highest BCUT2D eigenvalue weighted by Crippen LogP contribution is 2.47. The quantitative estimate of drug-likeness (QED) is 0.425. The standard InChI is InChI=1S/C23H20F6N4O/c1-12-9-23(28,29)6-4-15(12)19-20(32-21(34)13-10-31-33(11-13)22(26)27)16(5-7-30-19)17-8-14(24)2-3-18(17)25/h2-3,5,7-8,10-12,15,22H,4,6,9H2,1H3,(H,32,34)/t12-,15+/m1/s1/i1D3. The zero-order valence-corrected chi connectivity index (χ0v) is 17.4. The summed E-state index contributed by atoms with van der Waals surface area (Å²) in [5.74, 6) is -8.60. The number of nitrogens with one attached hydrogen (secondary N) is 1. The van der Waals surface area contributed by atoms with Crippen molar-refractivity contribution in [2.24, 2.45) is 5.92 Å². The van der Waals surface area contributed by atoms with Gasteiger partial charge in [-0.2, -0.15) is 13.9 Å².